The van der Waals surface area contributed by atoms with E-state index in [0.29, 0.717) is 18.7 Å². The van der Waals surface area contributed by atoms with Crippen LogP contribution in [0.15, 0.2) is 24.7 Å². The van der Waals surface area contributed by atoms with Crippen LogP contribution >= 0.6 is 0 Å². The summed E-state index contributed by atoms with van der Waals surface area (Å²) in [5, 5.41) is 19.4. The Labute approximate surface area is 130 Å². The van der Waals surface area contributed by atoms with E-state index in [1.807, 2.05) is 0 Å². The molecule has 0 bridgehead atoms. The number of hydrogen-bond acceptors (Lipinski definition) is 5. The van der Waals surface area contributed by atoms with Gasteiger partial charge in [-0.05, 0) is 25.0 Å². The Morgan fingerprint density at radius 3 is 2.83 bits per heavy atom. The van der Waals surface area contributed by atoms with E-state index in [9.17, 15) is 18.3 Å². The fraction of sp³-hybridized carbons (Fsp3) is 0.500. The van der Waals surface area contributed by atoms with Gasteiger partial charge in [0, 0.05) is 24.6 Å². The summed E-state index contributed by atoms with van der Waals surface area (Å²) in [4.78, 5) is 7.83. The molecule has 0 saturated heterocycles. The molecule has 2 aromatic rings. The first-order valence-corrected chi connectivity index (χ1v) is 7.24. The van der Waals surface area contributed by atoms with Crippen molar-refractivity contribution in [1.82, 2.24) is 20.2 Å². The second kappa shape index (κ2) is 6.15. The summed E-state index contributed by atoms with van der Waals surface area (Å²) in [6.45, 7) is 0.214. The first-order chi connectivity index (χ1) is 10.9. The lowest BCUT2D eigenvalue weighted by Crippen LogP contribution is -2.23. The number of aliphatic hydroxyl groups excluding tert-OH is 1. The first-order valence-electron chi connectivity index (χ1n) is 7.24. The van der Waals surface area contributed by atoms with Crippen LogP contribution in [0.4, 0.5) is 19.0 Å². The fourth-order valence-electron chi connectivity index (χ4n) is 2.96. The lowest BCUT2D eigenvalue weighted by atomic mass is 10.0. The molecule has 3 rings (SSSR count). The lowest BCUT2D eigenvalue weighted by Gasteiger charge is -2.18. The minimum absolute atomic E-state index is 0.0325. The summed E-state index contributed by atoms with van der Waals surface area (Å²) in [5.41, 5.74) is -0.806. The van der Waals surface area contributed by atoms with Crippen molar-refractivity contribution in [2.24, 2.45) is 5.92 Å². The van der Waals surface area contributed by atoms with Gasteiger partial charge in [-0.25, -0.2) is 9.97 Å². The number of aromatic amines is 1. The van der Waals surface area contributed by atoms with Gasteiger partial charge in [0.15, 0.2) is 0 Å². The van der Waals surface area contributed by atoms with Crippen LogP contribution in [0.5, 0.6) is 0 Å². The van der Waals surface area contributed by atoms with E-state index in [0.717, 1.165) is 6.07 Å². The number of halogens is 3. The van der Waals surface area contributed by atoms with Crippen molar-refractivity contribution in [3.05, 3.63) is 36.0 Å². The van der Waals surface area contributed by atoms with Crippen LogP contribution < -0.4 is 5.32 Å². The van der Waals surface area contributed by atoms with Crippen LogP contribution in [0.3, 0.4) is 0 Å². The van der Waals surface area contributed by atoms with Gasteiger partial charge in [0.2, 0.25) is 0 Å². The molecular formula is C14H16F3N5O. The van der Waals surface area contributed by atoms with Crippen LogP contribution in [0.1, 0.15) is 30.1 Å². The summed E-state index contributed by atoms with van der Waals surface area (Å²) in [6, 6.07) is 2.23. The average molecular weight is 327 g/mol. The number of nitrogens with zero attached hydrogens (tertiary/aromatic N) is 3. The maximum Gasteiger partial charge on any atom is 0.419 e. The topological polar surface area (TPSA) is 86.7 Å². The third-order valence-corrected chi connectivity index (χ3v) is 4.12. The van der Waals surface area contributed by atoms with Gasteiger partial charge in [-0.15, -0.1) is 0 Å². The van der Waals surface area contributed by atoms with E-state index >= 15 is 0 Å². The van der Waals surface area contributed by atoms with Gasteiger partial charge >= 0.3 is 6.18 Å². The maximum absolute atomic E-state index is 12.9. The number of rotatable bonds is 4. The van der Waals surface area contributed by atoms with Crippen molar-refractivity contribution in [2.45, 2.75) is 31.0 Å². The highest BCUT2D eigenvalue weighted by Crippen LogP contribution is 2.38. The van der Waals surface area contributed by atoms with E-state index in [-0.39, 0.29) is 24.2 Å². The molecule has 9 heteroatoms. The van der Waals surface area contributed by atoms with Crippen LogP contribution in [0.25, 0.3) is 0 Å². The molecule has 0 aromatic carbocycles. The van der Waals surface area contributed by atoms with Gasteiger partial charge in [-0.2, -0.15) is 18.3 Å². The van der Waals surface area contributed by atoms with Gasteiger partial charge in [0.25, 0.3) is 0 Å². The Kier molecular flexibility index (Phi) is 4.20. The molecule has 23 heavy (non-hydrogen) atoms. The summed E-state index contributed by atoms with van der Waals surface area (Å²) in [7, 11) is 0. The van der Waals surface area contributed by atoms with Crippen LogP contribution in [0.2, 0.25) is 0 Å². The predicted octanol–water partition coefficient (Wildman–Crippen LogP) is 2.19. The predicted molar refractivity (Wildman–Crippen MR) is 75.6 cm³/mol. The van der Waals surface area contributed by atoms with Crippen molar-refractivity contribution in [2.75, 3.05) is 11.9 Å². The Bertz CT molecular complexity index is 646. The molecule has 6 nitrogen and oxygen atoms in total. The zero-order chi connectivity index (χ0) is 16.4. The van der Waals surface area contributed by atoms with Gasteiger partial charge in [0.1, 0.15) is 18.0 Å². The molecule has 3 atom stereocenters. The van der Waals surface area contributed by atoms with Crippen LogP contribution in [0, 0.1) is 5.92 Å². The molecule has 2 aromatic heterocycles. The van der Waals surface area contributed by atoms with Crippen LogP contribution in [-0.2, 0) is 6.18 Å². The van der Waals surface area contributed by atoms with Crippen molar-refractivity contribution in [3.63, 3.8) is 0 Å². The van der Waals surface area contributed by atoms with Crippen molar-refractivity contribution in [1.29, 1.82) is 0 Å². The zero-order valence-electron chi connectivity index (χ0n) is 12.1. The highest BCUT2D eigenvalue weighted by atomic mass is 19.4. The molecular weight excluding hydrogens is 311 g/mol. The molecule has 1 aliphatic carbocycles. The molecule has 1 fully saturated rings. The minimum atomic E-state index is -4.47. The molecule has 2 heterocycles. The Morgan fingerprint density at radius 2 is 2.13 bits per heavy atom. The molecule has 0 unspecified atom stereocenters. The summed E-state index contributed by atoms with van der Waals surface area (Å²) < 4.78 is 38.8. The van der Waals surface area contributed by atoms with E-state index in [1.54, 1.807) is 0 Å². The number of alkyl halides is 3. The van der Waals surface area contributed by atoms with Crippen LogP contribution in [-0.4, -0.2) is 37.9 Å². The highest BCUT2D eigenvalue weighted by molar-refractivity contribution is 5.45. The molecule has 1 aliphatic rings. The fourth-order valence-corrected chi connectivity index (χ4v) is 2.96. The highest BCUT2D eigenvalue weighted by Gasteiger charge is 2.37. The molecule has 0 spiro atoms. The monoisotopic (exact) mass is 327 g/mol. The molecule has 0 amide bonds. The zero-order valence-corrected chi connectivity index (χ0v) is 12.1. The van der Waals surface area contributed by atoms with Crippen molar-refractivity contribution in [3.8, 4) is 0 Å². The average Bonchev–Trinajstić information content (AvgIpc) is 3.14. The molecule has 124 valence electrons. The molecule has 3 N–H and O–H groups in total. The lowest BCUT2D eigenvalue weighted by molar-refractivity contribution is -0.137. The number of anilines is 1. The Balaban J connectivity index is 1.65. The normalized spacial score (nSPS) is 24.8. The van der Waals surface area contributed by atoms with Gasteiger partial charge in [-0.3, -0.25) is 5.10 Å². The summed E-state index contributed by atoms with van der Waals surface area (Å²) in [5.74, 6) is 0.342. The third-order valence-electron chi connectivity index (χ3n) is 4.12. The minimum Gasteiger partial charge on any atom is -0.393 e. The molecule has 0 aliphatic heterocycles. The standard InChI is InChI=1S/C14H16F3N5O/c15-14(16,17)10-2-1-3-18-13(10)19-6-9-4-8(5-11(9)23)12-20-7-21-22-12/h1-3,7-9,11,23H,4-6H2,(H,18,19)(H,20,21,22)/t8-,9+,11+/m1/s1. The SMILES string of the molecule is O[C@H]1C[C@H](c2ncn[nH]2)C[C@H]1CNc1ncccc1C(F)(F)F. The largest absolute Gasteiger partial charge is 0.419 e. The number of hydrogen-bond donors (Lipinski definition) is 3. The number of aliphatic hydroxyl groups is 1. The van der Waals surface area contributed by atoms with Crippen molar-refractivity contribution >= 4 is 5.82 Å². The van der Waals surface area contributed by atoms with Gasteiger partial charge in [-0.1, -0.05) is 0 Å². The maximum atomic E-state index is 12.9. The molecule has 1 saturated carbocycles. The van der Waals surface area contributed by atoms with Gasteiger partial charge < -0.3 is 10.4 Å². The van der Waals surface area contributed by atoms with E-state index in [4.69, 9.17) is 0 Å². The molecule has 0 radical (unpaired) electrons. The number of aromatic nitrogens is 4. The smallest absolute Gasteiger partial charge is 0.393 e. The summed E-state index contributed by atoms with van der Waals surface area (Å²) >= 11 is 0. The Morgan fingerprint density at radius 1 is 1.30 bits per heavy atom. The summed E-state index contributed by atoms with van der Waals surface area (Å²) in [6.07, 6.45) is -1.23. The number of pyridine rings is 1. The van der Waals surface area contributed by atoms with Gasteiger partial charge in [0.05, 0.1) is 11.7 Å². The first kappa shape index (κ1) is 15.7. The second-order valence-corrected chi connectivity index (χ2v) is 5.64. The second-order valence-electron chi connectivity index (χ2n) is 5.64. The van der Waals surface area contributed by atoms with E-state index in [1.165, 1.54) is 18.6 Å². The number of H-pyrrole nitrogens is 1. The number of nitrogens with one attached hydrogen (secondary N) is 2. The van der Waals surface area contributed by atoms with E-state index < -0.39 is 17.8 Å². The van der Waals surface area contributed by atoms with Crippen molar-refractivity contribution < 1.29 is 18.3 Å². The van der Waals surface area contributed by atoms with E-state index in [2.05, 4.69) is 25.5 Å². The quantitative estimate of drug-likeness (QED) is 0.801. The Hall–Kier alpha value is -2.16. The third kappa shape index (κ3) is 3.44.